The molecule has 2 amide bonds. The molecule has 5 aromatic rings. The Hall–Kier alpha value is -5.74. The summed E-state index contributed by atoms with van der Waals surface area (Å²) >= 11 is 0. The zero-order chi connectivity index (χ0) is 37.7. The first-order valence-electron chi connectivity index (χ1n) is 18.7. The van der Waals surface area contributed by atoms with Gasteiger partial charge < -0.3 is 30.2 Å². The van der Waals surface area contributed by atoms with E-state index in [9.17, 15) is 19.5 Å². The normalized spacial score (nSPS) is 21.6. The van der Waals surface area contributed by atoms with E-state index in [-0.39, 0.29) is 42.2 Å². The fourth-order valence-electron chi connectivity index (χ4n) is 8.16. The van der Waals surface area contributed by atoms with Crippen molar-refractivity contribution in [2.45, 2.75) is 70.4 Å². The van der Waals surface area contributed by atoms with Gasteiger partial charge >= 0.3 is 0 Å². The lowest BCUT2D eigenvalue weighted by molar-refractivity contribution is -0.135. The molecule has 5 atom stereocenters. The summed E-state index contributed by atoms with van der Waals surface area (Å²) < 4.78 is 13.6. The molecule has 0 saturated carbocycles. The van der Waals surface area contributed by atoms with E-state index in [0.717, 1.165) is 33.5 Å². The number of carbonyl (C=O) groups excluding carboxylic acids is 3. The summed E-state index contributed by atoms with van der Waals surface area (Å²) in [7, 11) is 0. The number of benzene rings is 4. The maximum Gasteiger partial charge on any atom is 0.274 e. The van der Waals surface area contributed by atoms with Crippen LogP contribution in [0.2, 0.25) is 0 Å². The number of Topliss-reactive ketones (excluding diaryl/α,β-unsaturated/α-hetero) is 1. The lowest BCUT2D eigenvalue weighted by atomic mass is 9.72. The third kappa shape index (κ3) is 5.94. The molecule has 4 aromatic carbocycles. The number of ether oxygens (including phenoxy) is 1. The molecule has 54 heavy (non-hydrogen) atoms. The summed E-state index contributed by atoms with van der Waals surface area (Å²) in [6.45, 7) is 7.43. The fourth-order valence-corrected chi connectivity index (χ4v) is 8.16. The van der Waals surface area contributed by atoms with Crippen LogP contribution >= 0.6 is 0 Å². The highest BCUT2D eigenvalue weighted by molar-refractivity contribution is 5.95. The number of aliphatic hydroxyl groups is 1. The number of aliphatic hydroxyl groups excluding tert-OH is 1. The molecule has 10 heteroatoms. The lowest BCUT2D eigenvalue weighted by Crippen LogP contribution is -2.42. The Morgan fingerprint density at radius 2 is 1.56 bits per heavy atom. The Morgan fingerprint density at radius 3 is 2.22 bits per heavy atom. The zero-order valence-corrected chi connectivity index (χ0v) is 30.7. The van der Waals surface area contributed by atoms with Crippen LogP contribution in [-0.4, -0.2) is 40.0 Å². The largest absolute Gasteiger partial charge is 0.469 e. The molecule has 0 radical (unpaired) electrons. The molecule has 276 valence electrons. The molecule has 4 heterocycles. The van der Waals surface area contributed by atoms with Crippen molar-refractivity contribution < 1.29 is 28.6 Å². The number of aromatic nitrogens is 1. The second-order valence-electron chi connectivity index (χ2n) is 15.3. The molecule has 1 aromatic heterocycles. The van der Waals surface area contributed by atoms with E-state index in [4.69, 9.17) is 14.1 Å². The number of anilines is 1. The van der Waals surface area contributed by atoms with Crippen molar-refractivity contribution in [1.29, 1.82) is 0 Å². The highest BCUT2D eigenvalue weighted by atomic mass is 16.5. The minimum absolute atomic E-state index is 0.0816. The number of nitrogens with zero attached hydrogens (tertiary/aromatic N) is 1. The average molecular weight is 725 g/mol. The highest BCUT2D eigenvalue weighted by Crippen LogP contribution is 2.58. The summed E-state index contributed by atoms with van der Waals surface area (Å²) in [5.74, 6) is -1.42. The van der Waals surface area contributed by atoms with Crippen LogP contribution in [0.5, 0.6) is 5.75 Å². The Morgan fingerprint density at radius 1 is 0.889 bits per heavy atom. The van der Waals surface area contributed by atoms with Crippen LogP contribution in [0.4, 0.5) is 5.69 Å². The zero-order valence-electron chi connectivity index (χ0n) is 30.7. The first-order chi connectivity index (χ1) is 26.1. The van der Waals surface area contributed by atoms with Crippen LogP contribution < -0.4 is 20.7 Å². The minimum Gasteiger partial charge on any atom is -0.469 e. The van der Waals surface area contributed by atoms with Crippen molar-refractivity contribution in [3.05, 3.63) is 148 Å². The number of carbonyl (C=O) groups is 3. The monoisotopic (exact) mass is 724 g/mol. The van der Waals surface area contributed by atoms with Gasteiger partial charge in [-0.3, -0.25) is 14.4 Å². The molecule has 8 rings (SSSR count). The quantitative estimate of drug-likeness (QED) is 0.133. The second-order valence-corrected chi connectivity index (χ2v) is 15.3. The van der Waals surface area contributed by atoms with Crippen molar-refractivity contribution in [3.8, 4) is 5.75 Å². The number of hydrogen-bond donors (Lipinski definition) is 4. The lowest BCUT2D eigenvalue weighted by Gasteiger charge is -2.29. The summed E-state index contributed by atoms with van der Waals surface area (Å²) in [6.07, 6.45) is -1.77. The van der Waals surface area contributed by atoms with E-state index in [1.165, 1.54) is 0 Å². The summed E-state index contributed by atoms with van der Waals surface area (Å²) in [4.78, 5) is 47.4. The molecule has 1 spiro atoms. The Balaban J connectivity index is 1.32. The van der Waals surface area contributed by atoms with E-state index in [1.54, 1.807) is 13.8 Å². The second kappa shape index (κ2) is 13.9. The molecule has 2 unspecified atom stereocenters. The molecule has 0 saturated heterocycles. The number of para-hydroxylation sites is 1. The molecule has 4 bridgehead atoms. The van der Waals surface area contributed by atoms with Gasteiger partial charge in [0.05, 0.1) is 6.04 Å². The number of rotatable bonds is 9. The first-order valence-corrected chi connectivity index (χ1v) is 18.7. The topological polar surface area (TPSA) is 143 Å². The van der Waals surface area contributed by atoms with Gasteiger partial charge in [0.15, 0.2) is 23.5 Å². The fraction of sp³-hybridized carbons (Fsp3) is 0.318. The molecule has 4 N–H and O–H groups in total. The van der Waals surface area contributed by atoms with Crippen LogP contribution in [0.1, 0.15) is 96.2 Å². The van der Waals surface area contributed by atoms with Gasteiger partial charge in [0.25, 0.3) is 5.91 Å². The van der Waals surface area contributed by atoms with E-state index in [2.05, 4.69) is 16.0 Å². The van der Waals surface area contributed by atoms with Crippen LogP contribution in [-0.2, 0) is 21.4 Å². The van der Waals surface area contributed by atoms with Gasteiger partial charge in [0.2, 0.25) is 11.8 Å². The van der Waals surface area contributed by atoms with Crippen LogP contribution in [0.3, 0.4) is 0 Å². The molecule has 3 aliphatic heterocycles. The van der Waals surface area contributed by atoms with Gasteiger partial charge in [0, 0.05) is 23.6 Å². The Bertz CT molecular complexity index is 2180. The van der Waals surface area contributed by atoms with Gasteiger partial charge in [0.1, 0.15) is 23.3 Å². The van der Waals surface area contributed by atoms with Crippen molar-refractivity contribution in [2.75, 3.05) is 5.32 Å². The summed E-state index contributed by atoms with van der Waals surface area (Å²) in [5, 5.41) is 20.6. The molecule has 0 aliphatic carbocycles. The summed E-state index contributed by atoms with van der Waals surface area (Å²) in [5.41, 5.74) is 3.99. The molecule has 3 aliphatic rings. The Kier molecular flexibility index (Phi) is 9.09. The van der Waals surface area contributed by atoms with Crippen molar-refractivity contribution in [3.63, 3.8) is 0 Å². The number of nitrogens with one attached hydrogen (secondary N) is 3. The van der Waals surface area contributed by atoms with Gasteiger partial charge in [-0.2, -0.15) is 0 Å². The van der Waals surface area contributed by atoms with Gasteiger partial charge in [-0.25, -0.2) is 4.98 Å². The van der Waals surface area contributed by atoms with E-state index in [0.29, 0.717) is 11.5 Å². The predicted molar refractivity (Wildman–Crippen MR) is 203 cm³/mol. The first kappa shape index (κ1) is 35.3. The smallest absolute Gasteiger partial charge is 0.274 e. The number of ketones is 1. The maximum atomic E-state index is 14.9. The Labute approximate surface area is 314 Å². The van der Waals surface area contributed by atoms with E-state index in [1.807, 2.05) is 117 Å². The van der Waals surface area contributed by atoms with Crippen molar-refractivity contribution in [1.82, 2.24) is 15.6 Å². The van der Waals surface area contributed by atoms with Gasteiger partial charge in [-0.1, -0.05) is 119 Å². The molecular formula is C44H44N4O6. The minimum atomic E-state index is -1.19. The summed E-state index contributed by atoms with van der Waals surface area (Å²) in [6, 6.07) is 31.9. The van der Waals surface area contributed by atoms with Crippen LogP contribution in [0.15, 0.2) is 108 Å². The third-order valence-corrected chi connectivity index (χ3v) is 11.0. The maximum absolute atomic E-state index is 14.9. The SMILES string of the molecule is CC(C)[C@H](O)C(=O)CC1Cc2ccc3c(c2)C2(c4ccccc4N[C@H]2O3)c2oc(nc2C(=O)NC(c2ccccc2)c2ccccc2)[C@H](C(C)C)NC1=O. The van der Waals surface area contributed by atoms with Crippen LogP contribution in [0, 0.1) is 17.8 Å². The number of fused-ring (bicyclic) bond motifs is 4. The van der Waals surface area contributed by atoms with Gasteiger partial charge in [-0.15, -0.1) is 0 Å². The van der Waals surface area contributed by atoms with E-state index >= 15 is 0 Å². The average Bonchev–Trinajstić information content (AvgIpc) is 3.85. The van der Waals surface area contributed by atoms with E-state index < -0.39 is 47.4 Å². The molecule has 10 nitrogen and oxygen atoms in total. The molecular weight excluding hydrogens is 681 g/mol. The molecule has 0 fully saturated rings. The highest BCUT2D eigenvalue weighted by Gasteiger charge is 2.61. The number of hydrogen-bond acceptors (Lipinski definition) is 8. The van der Waals surface area contributed by atoms with Gasteiger partial charge in [-0.05, 0) is 52.6 Å². The van der Waals surface area contributed by atoms with Crippen molar-refractivity contribution >= 4 is 23.3 Å². The van der Waals surface area contributed by atoms with Crippen molar-refractivity contribution in [2.24, 2.45) is 17.8 Å². The number of oxazole rings is 1. The predicted octanol–water partition coefficient (Wildman–Crippen LogP) is 6.63. The standard InChI is InChI=1S/C44H44N4O6/c1-24(2)35-42-48-37(41(52)47-36(27-13-7-5-8-14-27)28-15-9-6-10-16-28)39(54-42)44-30-17-11-12-18-32(30)45-43(44)53-34-20-19-26(22-31(34)44)21-29(40(51)46-35)23-33(49)38(50)25(3)4/h5-20,22,24-25,29,35-36,38,43,45,50H,21,23H2,1-4H3,(H,46,51)(H,47,52)/t29?,35-,38-,43-,44?/m0/s1. The van der Waals surface area contributed by atoms with Crippen LogP contribution in [0.25, 0.3) is 0 Å². The third-order valence-electron chi connectivity index (χ3n) is 11.0. The number of amides is 2.